The number of aromatic nitrogens is 2. The number of amides is 1. The molecule has 1 amide bonds. The van der Waals surface area contributed by atoms with Crippen LogP contribution in [0, 0.1) is 6.92 Å². The van der Waals surface area contributed by atoms with E-state index < -0.39 is 0 Å². The molecule has 0 radical (unpaired) electrons. The summed E-state index contributed by atoms with van der Waals surface area (Å²) >= 11 is 1.09. The third kappa shape index (κ3) is 2.79. The number of rotatable bonds is 4. The van der Waals surface area contributed by atoms with Gasteiger partial charge in [0, 0.05) is 11.9 Å². The Morgan fingerprint density at radius 2 is 2.23 bits per heavy atom. The zero-order valence-corrected chi connectivity index (χ0v) is 12.4. The van der Waals surface area contributed by atoms with Gasteiger partial charge >= 0.3 is 0 Å². The fourth-order valence-electron chi connectivity index (χ4n) is 1.83. The molecule has 3 rings (SSSR count). The Hall–Kier alpha value is -2.80. The summed E-state index contributed by atoms with van der Waals surface area (Å²) in [5.41, 5.74) is 1.67. The first-order chi connectivity index (χ1) is 10.7. The highest BCUT2D eigenvalue weighted by Crippen LogP contribution is 2.30. The number of thiazole rings is 1. The van der Waals surface area contributed by atoms with Crippen LogP contribution >= 0.6 is 11.3 Å². The maximum atomic E-state index is 12.1. The summed E-state index contributed by atoms with van der Waals surface area (Å²) in [6, 6.07) is 6.85. The van der Waals surface area contributed by atoms with Crippen molar-refractivity contribution in [2.24, 2.45) is 0 Å². The van der Waals surface area contributed by atoms with E-state index in [0.717, 1.165) is 17.0 Å². The van der Waals surface area contributed by atoms with Gasteiger partial charge < -0.3 is 4.42 Å². The van der Waals surface area contributed by atoms with Crippen molar-refractivity contribution in [3.8, 4) is 11.5 Å². The summed E-state index contributed by atoms with van der Waals surface area (Å²) < 4.78 is 5.24. The van der Waals surface area contributed by atoms with Crippen LogP contribution in [0.25, 0.3) is 11.5 Å². The maximum absolute atomic E-state index is 12.1. The van der Waals surface area contributed by atoms with Crippen molar-refractivity contribution < 1.29 is 14.0 Å². The summed E-state index contributed by atoms with van der Waals surface area (Å²) in [6.07, 6.45) is 3.68. The molecule has 0 unspecified atom stereocenters. The lowest BCUT2D eigenvalue weighted by molar-refractivity contribution is 0.102. The molecule has 0 aliphatic rings. The van der Waals surface area contributed by atoms with Gasteiger partial charge in [0.1, 0.15) is 10.6 Å². The standard InChI is InChI=1S/C15H11N3O3S/c1-9-4-5-10(7-16-9)14(20)18-15-17-13(12(8-19)22-15)11-3-2-6-21-11/h2-8H,1H3,(H,17,18,20). The molecule has 3 heterocycles. The fourth-order valence-corrected chi connectivity index (χ4v) is 2.61. The molecule has 0 atom stereocenters. The van der Waals surface area contributed by atoms with E-state index in [9.17, 15) is 9.59 Å². The normalized spacial score (nSPS) is 10.4. The molecule has 6 nitrogen and oxygen atoms in total. The second-order valence-electron chi connectivity index (χ2n) is 4.47. The first kappa shape index (κ1) is 14.2. The predicted octanol–water partition coefficient (Wildman–Crippen LogP) is 3.17. The molecular weight excluding hydrogens is 302 g/mol. The van der Waals surface area contributed by atoms with Crippen LogP contribution in [-0.2, 0) is 0 Å². The Morgan fingerprint density at radius 3 is 2.86 bits per heavy atom. The third-order valence-corrected chi connectivity index (χ3v) is 3.81. The second kappa shape index (κ2) is 5.90. The summed E-state index contributed by atoms with van der Waals surface area (Å²) in [7, 11) is 0. The molecule has 3 aromatic rings. The lowest BCUT2D eigenvalue weighted by atomic mass is 10.2. The SMILES string of the molecule is Cc1ccc(C(=O)Nc2nc(-c3ccco3)c(C=O)s2)cn1. The molecule has 0 saturated carbocycles. The number of carbonyl (C=O) groups excluding carboxylic acids is 2. The number of furan rings is 1. The topological polar surface area (TPSA) is 85.1 Å². The fraction of sp³-hybridized carbons (Fsp3) is 0.0667. The Bertz CT molecular complexity index is 807. The number of hydrogen-bond donors (Lipinski definition) is 1. The van der Waals surface area contributed by atoms with E-state index >= 15 is 0 Å². The van der Waals surface area contributed by atoms with Crippen LogP contribution in [-0.4, -0.2) is 22.2 Å². The van der Waals surface area contributed by atoms with Crippen molar-refractivity contribution in [3.05, 3.63) is 52.9 Å². The zero-order chi connectivity index (χ0) is 15.5. The van der Waals surface area contributed by atoms with Crippen LogP contribution in [0.1, 0.15) is 25.7 Å². The van der Waals surface area contributed by atoms with Gasteiger partial charge in [-0.25, -0.2) is 4.98 Å². The molecule has 0 aliphatic heterocycles. The monoisotopic (exact) mass is 313 g/mol. The van der Waals surface area contributed by atoms with Crippen LogP contribution in [0.5, 0.6) is 0 Å². The quantitative estimate of drug-likeness (QED) is 0.748. The first-order valence-electron chi connectivity index (χ1n) is 6.41. The molecule has 0 aromatic carbocycles. The van der Waals surface area contributed by atoms with Crippen molar-refractivity contribution in [2.45, 2.75) is 6.92 Å². The number of nitrogens with zero attached hydrogens (tertiary/aromatic N) is 2. The maximum Gasteiger partial charge on any atom is 0.259 e. The Labute approximate surface area is 129 Å². The van der Waals surface area contributed by atoms with E-state index in [1.54, 1.807) is 24.3 Å². The highest BCUT2D eigenvalue weighted by atomic mass is 32.1. The lowest BCUT2D eigenvalue weighted by Gasteiger charge is -2.01. The smallest absolute Gasteiger partial charge is 0.259 e. The van der Waals surface area contributed by atoms with Crippen molar-refractivity contribution in [1.82, 2.24) is 9.97 Å². The van der Waals surface area contributed by atoms with Gasteiger partial charge in [0.25, 0.3) is 5.91 Å². The average molecular weight is 313 g/mol. The molecule has 0 aliphatic carbocycles. The van der Waals surface area contributed by atoms with E-state index in [-0.39, 0.29) is 5.91 Å². The van der Waals surface area contributed by atoms with Gasteiger partial charge in [0.15, 0.2) is 17.2 Å². The molecule has 3 aromatic heterocycles. The molecule has 22 heavy (non-hydrogen) atoms. The Kier molecular flexibility index (Phi) is 3.80. The molecule has 0 bridgehead atoms. The van der Waals surface area contributed by atoms with Crippen molar-refractivity contribution in [3.63, 3.8) is 0 Å². The molecular formula is C15H11N3O3S. The van der Waals surface area contributed by atoms with E-state index in [0.29, 0.717) is 33.3 Å². The number of aryl methyl sites for hydroxylation is 1. The molecule has 110 valence electrons. The summed E-state index contributed by atoms with van der Waals surface area (Å²) in [5, 5.41) is 3.00. The van der Waals surface area contributed by atoms with Gasteiger partial charge in [-0.3, -0.25) is 19.9 Å². The van der Waals surface area contributed by atoms with E-state index in [1.807, 2.05) is 6.92 Å². The minimum atomic E-state index is -0.329. The van der Waals surface area contributed by atoms with Crippen molar-refractivity contribution in [1.29, 1.82) is 0 Å². The number of pyridine rings is 1. The van der Waals surface area contributed by atoms with Crippen LogP contribution in [0.4, 0.5) is 5.13 Å². The molecule has 0 saturated heterocycles. The minimum Gasteiger partial charge on any atom is -0.463 e. The highest BCUT2D eigenvalue weighted by Gasteiger charge is 2.16. The van der Waals surface area contributed by atoms with Crippen LogP contribution in [0.15, 0.2) is 41.1 Å². The molecule has 0 fully saturated rings. The van der Waals surface area contributed by atoms with Crippen LogP contribution < -0.4 is 5.32 Å². The predicted molar refractivity (Wildman–Crippen MR) is 82.1 cm³/mol. The lowest BCUT2D eigenvalue weighted by Crippen LogP contribution is -2.12. The van der Waals surface area contributed by atoms with Gasteiger partial charge in [-0.1, -0.05) is 11.3 Å². The average Bonchev–Trinajstić information content (AvgIpc) is 3.16. The summed E-state index contributed by atoms with van der Waals surface area (Å²) in [4.78, 5) is 32.0. The van der Waals surface area contributed by atoms with E-state index in [1.165, 1.54) is 12.5 Å². The van der Waals surface area contributed by atoms with E-state index in [2.05, 4.69) is 15.3 Å². The Morgan fingerprint density at radius 1 is 1.36 bits per heavy atom. The van der Waals surface area contributed by atoms with Gasteiger partial charge in [-0.2, -0.15) is 0 Å². The Balaban J connectivity index is 1.85. The van der Waals surface area contributed by atoms with Gasteiger partial charge in [-0.05, 0) is 31.2 Å². The highest BCUT2D eigenvalue weighted by molar-refractivity contribution is 7.17. The van der Waals surface area contributed by atoms with Crippen LogP contribution in [0.2, 0.25) is 0 Å². The molecule has 1 N–H and O–H groups in total. The number of hydrogen-bond acceptors (Lipinski definition) is 6. The first-order valence-corrected chi connectivity index (χ1v) is 7.23. The number of nitrogens with one attached hydrogen (secondary N) is 1. The van der Waals surface area contributed by atoms with Gasteiger partial charge in [-0.15, -0.1) is 0 Å². The summed E-state index contributed by atoms with van der Waals surface area (Å²) in [6.45, 7) is 1.84. The molecule has 7 heteroatoms. The van der Waals surface area contributed by atoms with Crippen molar-refractivity contribution in [2.75, 3.05) is 5.32 Å². The second-order valence-corrected chi connectivity index (χ2v) is 5.50. The van der Waals surface area contributed by atoms with Gasteiger partial charge in [0.2, 0.25) is 0 Å². The van der Waals surface area contributed by atoms with Crippen LogP contribution in [0.3, 0.4) is 0 Å². The zero-order valence-electron chi connectivity index (χ0n) is 11.6. The van der Waals surface area contributed by atoms with Crippen molar-refractivity contribution >= 4 is 28.7 Å². The largest absolute Gasteiger partial charge is 0.463 e. The minimum absolute atomic E-state index is 0.329. The molecule has 0 spiro atoms. The number of anilines is 1. The van der Waals surface area contributed by atoms with E-state index in [4.69, 9.17) is 4.42 Å². The van der Waals surface area contributed by atoms with Gasteiger partial charge in [0.05, 0.1) is 11.8 Å². The summed E-state index contributed by atoms with van der Waals surface area (Å²) in [5.74, 6) is 0.153. The number of carbonyl (C=O) groups is 2. The third-order valence-electron chi connectivity index (χ3n) is 2.91. The number of aldehydes is 1.